The van der Waals surface area contributed by atoms with Crippen LogP contribution in [0.3, 0.4) is 0 Å². The minimum atomic E-state index is -0.282. The quantitative estimate of drug-likeness (QED) is 0.651. The van der Waals surface area contributed by atoms with Crippen molar-refractivity contribution < 1.29 is 4.39 Å². The predicted molar refractivity (Wildman–Crippen MR) is 73.2 cm³/mol. The third kappa shape index (κ3) is 1.66. The van der Waals surface area contributed by atoms with Gasteiger partial charge in [0.1, 0.15) is 5.82 Å². The van der Waals surface area contributed by atoms with Gasteiger partial charge in [0, 0.05) is 0 Å². The number of aromatic amines is 1. The van der Waals surface area contributed by atoms with Crippen molar-refractivity contribution in [2.45, 2.75) is 6.92 Å². The van der Waals surface area contributed by atoms with E-state index in [1.165, 1.54) is 6.07 Å². The van der Waals surface area contributed by atoms with Crippen LogP contribution in [0.4, 0.5) is 4.39 Å². The Bertz CT molecular complexity index is 786. The van der Waals surface area contributed by atoms with Crippen molar-refractivity contribution in [1.29, 1.82) is 0 Å². The largest absolute Gasteiger partial charge is 0.330 e. The molecular formula is C14H11FN2S. The fourth-order valence-electron chi connectivity index (χ4n) is 2.10. The van der Waals surface area contributed by atoms with E-state index in [1.807, 2.05) is 25.1 Å². The summed E-state index contributed by atoms with van der Waals surface area (Å²) in [5, 5.41) is 0. The Morgan fingerprint density at radius 2 is 1.94 bits per heavy atom. The molecule has 3 aromatic rings. The van der Waals surface area contributed by atoms with Gasteiger partial charge in [-0.3, -0.25) is 4.57 Å². The lowest BCUT2D eigenvalue weighted by Gasteiger charge is -2.05. The molecule has 1 N–H and O–H groups in total. The van der Waals surface area contributed by atoms with Crippen LogP contribution in [0.15, 0.2) is 42.5 Å². The molecule has 2 nitrogen and oxygen atoms in total. The molecule has 3 rings (SSSR count). The summed E-state index contributed by atoms with van der Waals surface area (Å²) in [7, 11) is 0. The zero-order valence-electron chi connectivity index (χ0n) is 9.77. The number of nitrogens with one attached hydrogen (secondary N) is 1. The lowest BCUT2D eigenvalue weighted by molar-refractivity contribution is 0.619. The Hall–Kier alpha value is -1.94. The summed E-state index contributed by atoms with van der Waals surface area (Å²) in [5.74, 6) is -0.282. The van der Waals surface area contributed by atoms with Gasteiger partial charge in [-0.05, 0) is 49.0 Å². The number of nitrogens with zero attached hydrogens (tertiary/aromatic N) is 1. The smallest absolute Gasteiger partial charge is 0.182 e. The van der Waals surface area contributed by atoms with Gasteiger partial charge in [0.2, 0.25) is 0 Å². The summed E-state index contributed by atoms with van der Waals surface area (Å²) in [4.78, 5) is 3.10. The molecule has 0 atom stereocenters. The minimum absolute atomic E-state index is 0.282. The first-order valence-corrected chi connectivity index (χ1v) is 6.04. The number of fused-ring (bicyclic) bond motifs is 1. The van der Waals surface area contributed by atoms with Crippen molar-refractivity contribution in [2.75, 3.05) is 0 Å². The van der Waals surface area contributed by atoms with E-state index in [0.29, 0.717) is 10.5 Å². The first kappa shape index (κ1) is 11.2. The number of hydrogen-bond donors (Lipinski definition) is 1. The second kappa shape index (κ2) is 4.07. The highest BCUT2D eigenvalue weighted by molar-refractivity contribution is 7.71. The topological polar surface area (TPSA) is 20.7 Å². The summed E-state index contributed by atoms with van der Waals surface area (Å²) in [6, 6.07) is 12.6. The number of para-hydroxylation sites is 1. The normalized spacial score (nSPS) is 11.0. The molecule has 1 aromatic heterocycles. The van der Waals surface area contributed by atoms with Crippen molar-refractivity contribution in [3.8, 4) is 5.69 Å². The fourth-order valence-corrected chi connectivity index (χ4v) is 2.40. The molecule has 0 fully saturated rings. The van der Waals surface area contributed by atoms with Crippen LogP contribution in [0.5, 0.6) is 0 Å². The second-order valence-corrected chi connectivity index (χ2v) is 4.62. The zero-order chi connectivity index (χ0) is 12.7. The second-order valence-electron chi connectivity index (χ2n) is 4.24. The highest BCUT2D eigenvalue weighted by Crippen LogP contribution is 2.22. The number of benzene rings is 2. The van der Waals surface area contributed by atoms with Crippen molar-refractivity contribution >= 4 is 23.3 Å². The average Bonchev–Trinajstić information content (AvgIpc) is 2.65. The molecule has 0 bridgehead atoms. The van der Waals surface area contributed by atoms with Gasteiger partial charge in [-0.15, -0.1) is 0 Å². The minimum Gasteiger partial charge on any atom is -0.330 e. The molecule has 0 saturated heterocycles. The Balaban J connectivity index is 2.40. The van der Waals surface area contributed by atoms with E-state index in [4.69, 9.17) is 12.2 Å². The molecule has 2 aromatic carbocycles. The van der Waals surface area contributed by atoms with Crippen molar-refractivity contribution in [2.24, 2.45) is 0 Å². The molecule has 0 unspecified atom stereocenters. The summed E-state index contributed by atoms with van der Waals surface area (Å²) >= 11 is 5.28. The van der Waals surface area contributed by atoms with Crippen LogP contribution < -0.4 is 0 Å². The van der Waals surface area contributed by atoms with Crippen LogP contribution in [-0.4, -0.2) is 9.55 Å². The van der Waals surface area contributed by atoms with Gasteiger partial charge in [0.05, 0.1) is 16.7 Å². The van der Waals surface area contributed by atoms with Crippen LogP contribution in [0, 0.1) is 17.5 Å². The first-order chi connectivity index (χ1) is 8.66. The van der Waals surface area contributed by atoms with Gasteiger partial charge in [0.15, 0.2) is 4.77 Å². The monoisotopic (exact) mass is 258 g/mol. The van der Waals surface area contributed by atoms with Crippen LogP contribution in [0.1, 0.15) is 5.56 Å². The molecule has 4 heteroatoms. The SMILES string of the molecule is Cc1ccc2c(c1)[nH]c(=S)n2-c1ccccc1F. The molecule has 0 amide bonds. The van der Waals surface area contributed by atoms with Gasteiger partial charge in [-0.2, -0.15) is 0 Å². The van der Waals surface area contributed by atoms with Crippen LogP contribution in [0.25, 0.3) is 16.7 Å². The maximum atomic E-state index is 13.9. The fraction of sp³-hybridized carbons (Fsp3) is 0.0714. The predicted octanol–water partition coefficient (Wildman–Crippen LogP) is 4.14. The summed E-state index contributed by atoms with van der Waals surface area (Å²) < 4.78 is 16.1. The Labute approximate surface area is 109 Å². The van der Waals surface area contributed by atoms with Gasteiger partial charge in [-0.1, -0.05) is 18.2 Å². The van der Waals surface area contributed by atoms with Crippen molar-refractivity contribution in [3.05, 3.63) is 58.6 Å². The highest BCUT2D eigenvalue weighted by atomic mass is 32.1. The molecule has 0 radical (unpaired) electrons. The van der Waals surface area contributed by atoms with E-state index < -0.39 is 0 Å². The molecule has 90 valence electrons. The van der Waals surface area contributed by atoms with E-state index in [2.05, 4.69) is 4.98 Å². The van der Waals surface area contributed by atoms with E-state index in [0.717, 1.165) is 16.6 Å². The number of rotatable bonds is 1. The maximum Gasteiger partial charge on any atom is 0.182 e. The Morgan fingerprint density at radius 3 is 2.72 bits per heavy atom. The van der Waals surface area contributed by atoms with Gasteiger partial charge >= 0.3 is 0 Å². The summed E-state index contributed by atoms with van der Waals surface area (Å²) in [6.07, 6.45) is 0. The number of imidazole rings is 1. The molecule has 18 heavy (non-hydrogen) atoms. The van der Waals surface area contributed by atoms with E-state index in [1.54, 1.807) is 22.8 Å². The number of halogens is 1. The Morgan fingerprint density at radius 1 is 1.17 bits per heavy atom. The summed E-state index contributed by atoms with van der Waals surface area (Å²) in [5.41, 5.74) is 3.41. The van der Waals surface area contributed by atoms with Crippen molar-refractivity contribution in [3.63, 3.8) is 0 Å². The number of aryl methyl sites for hydroxylation is 1. The third-order valence-corrected chi connectivity index (χ3v) is 3.22. The highest BCUT2D eigenvalue weighted by Gasteiger charge is 2.09. The van der Waals surface area contributed by atoms with E-state index in [-0.39, 0.29) is 5.82 Å². The average molecular weight is 258 g/mol. The number of H-pyrrole nitrogens is 1. The maximum absolute atomic E-state index is 13.9. The van der Waals surface area contributed by atoms with Gasteiger partial charge in [-0.25, -0.2) is 4.39 Å². The van der Waals surface area contributed by atoms with Crippen molar-refractivity contribution in [1.82, 2.24) is 9.55 Å². The molecule has 0 saturated carbocycles. The van der Waals surface area contributed by atoms with E-state index >= 15 is 0 Å². The Kier molecular flexibility index (Phi) is 2.52. The van der Waals surface area contributed by atoms with E-state index in [9.17, 15) is 4.39 Å². The number of hydrogen-bond acceptors (Lipinski definition) is 1. The number of aromatic nitrogens is 2. The molecule has 0 aliphatic rings. The summed E-state index contributed by atoms with van der Waals surface area (Å²) in [6.45, 7) is 2.01. The lowest BCUT2D eigenvalue weighted by Crippen LogP contribution is -1.97. The first-order valence-electron chi connectivity index (χ1n) is 5.63. The molecule has 0 spiro atoms. The van der Waals surface area contributed by atoms with Crippen LogP contribution in [0.2, 0.25) is 0 Å². The van der Waals surface area contributed by atoms with Gasteiger partial charge in [0.25, 0.3) is 0 Å². The molecule has 1 heterocycles. The molecule has 0 aliphatic carbocycles. The standard InChI is InChI=1S/C14H11FN2S/c1-9-6-7-13-11(8-9)16-14(18)17(13)12-5-3-2-4-10(12)15/h2-8H,1H3,(H,16,18). The van der Waals surface area contributed by atoms with Crippen LogP contribution >= 0.6 is 12.2 Å². The third-order valence-electron chi connectivity index (χ3n) is 2.93. The lowest BCUT2D eigenvalue weighted by atomic mass is 10.2. The zero-order valence-corrected chi connectivity index (χ0v) is 10.6. The molecule has 0 aliphatic heterocycles. The molecular weight excluding hydrogens is 247 g/mol. The van der Waals surface area contributed by atoms with Crippen LogP contribution in [-0.2, 0) is 0 Å². The van der Waals surface area contributed by atoms with Gasteiger partial charge < -0.3 is 4.98 Å².